The van der Waals surface area contributed by atoms with Crippen molar-refractivity contribution >= 4 is 34.9 Å². The molecule has 35 heavy (non-hydrogen) atoms. The first-order valence-corrected chi connectivity index (χ1v) is 9.86. The van der Waals surface area contributed by atoms with Crippen molar-refractivity contribution in [1.29, 1.82) is 0 Å². The minimum absolute atomic E-state index is 0.0141. The van der Waals surface area contributed by atoms with E-state index in [0.29, 0.717) is 5.56 Å². The van der Waals surface area contributed by atoms with Crippen LogP contribution in [-0.4, -0.2) is 31.9 Å². The average Bonchev–Trinajstić information content (AvgIpc) is 3.33. The number of nitro groups is 2. The fraction of sp³-hybridized carbons (Fsp3) is 0. The third-order valence-electron chi connectivity index (χ3n) is 4.67. The highest BCUT2D eigenvalue weighted by Crippen LogP contribution is 2.25. The van der Waals surface area contributed by atoms with E-state index in [1.54, 1.807) is 36.4 Å². The highest BCUT2D eigenvalue weighted by atomic mass is 16.6. The van der Waals surface area contributed by atoms with Crippen molar-refractivity contribution in [2.75, 3.05) is 10.6 Å². The summed E-state index contributed by atoms with van der Waals surface area (Å²) < 4.78 is 5.45. The molecule has 0 aliphatic heterocycles. The number of carbonyl (C=O) groups is 2. The molecule has 3 aromatic carbocycles. The third-order valence-corrected chi connectivity index (χ3v) is 4.67. The van der Waals surface area contributed by atoms with Crippen LogP contribution in [0.5, 0.6) is 0 Å². The molecule has 0 saturated carbocycles. The Morgan fingerprint density at radius 3 is 2.06 bits per heavy atom. The van der Waals surface area contributed by atoms with Crippen LogP contribution in [0.3, 0.4) is 0 Å². The molecule has 2 N–H and O–H groups in total. The van der Waals surface area contributed by atoms with E-state index < -0.39 is 33.0 Å². The lowest BCUT2D eigenvalue weighted by Crippen LogP contribution is -2.18. The monoisotopic (exact) mass is 474 g/mol. The molecule has 0 unspecified atom stereocenters. The van der Waals surface area contributed by atoms with Gasteiger partial charge < -0.3 is 9.73 Å². The van der Waals surface area contributed by atoms with Crippen LogP contribution in [0, 0.1) is 20.2 Å². The van der Waals surface area contributed by atoms with Crippen LogP contribution in [0.25, 0.3) is 11.5 Å². The number of nitro benzene ring substituents is 2. The molecule has 174 valence electrons. The lowest BCUT2D eigenvalue weighted by Gasteiger charge is -2.10. The van der Waals surface area contributed by atoms with Crippen molar-refractivity contribution in [3.63, 3.8) is 0 Å². The second-order valence-corrected chi connectivity index (χ2v) is 6.98. The van der Waals surface area contributed by atoms with Crippen LogP contribution in [0.15, 0.2) is 77.2 Å². The minimum atomic E-state index is -0.888. The van der Waals surface area contributed by atoms with E-state index in [-0.39, 0.29) is 28.7 Å². The van der Waals surface area contributed by atoms with Gasteiger partial charge in [0.2, 0.25) is 5.89 Å². The number of hydrogen-bond donors (Lipinski definition) is 2. The number of rotatable bonds is 7. The molecule has 0 aliphatic rings. The van der Waals surface area contributed by atoms with Crippen molar-refractivity contribution in [3.8, 4) is 11.5 Å². The summed E-state index contributed by atoms with van der Waals surface area (Å²) in [5.41, 5.74) is -0.862. The number of amides is 2. The molecule has 0 aliphatic carbocycles. The van der Waals surface area contributed by atoms with Crippen molar-refractivity contribution in [1.82, 2.24) is 10.2 Å². The molecule has 0 saturated heterocycles. The highest BCUT2D eigenvalue weighted by Gasteiger charge is 2.22. The molecular formula is C22H14N6O7. The number of para-hydroxylation sites is 1. The number of non-ortho nitro benzene ring substituents is 2. The van der Waals surface area contributed by atoms with E-state index in [0.717, 1.165) is 18.2 Å². The maximum atomic E-state index is 12.8. The smallest absolute Gasteiger partial charge is 0.322 e. The SMILES string of the molecule is O=C(Nc1ccccc1C(=O)Nc1nnc(-c2ccccc2)o1)c1cc([N+](=O)[O-])cc([N+](=O)[O-])c1. The molecule has 13 heteroatoms. The van der Waals surface area contributed by atoms with Gasteiger partial charge >= 0.3 is 6.01 Å². The maximum absolute atomic E-state index is 12.8. The number of carbonyl (C=O) groups excluding carboxylic acids is 2. The lowest BCUT2D eigenvalue weighted by molar-refractivity contribution is -0.394. The largest absolute Gasteiger partial charge is 0.403 e. The van der Waals surface area contributed by atoms with E-state index in [4.69, 9.17) is 4.42 Å². The molecule has 0 atom stereocenters. The van der Waals surface area contributed by atoms with E-state index >= 15 is 0 Å². The van der Waals surface area contributed by atoms with E-state index in [1.165, 1.54) is 12.1 Å². The molecule has 1 heterocycles. The quantitative estimate of drug-likeness (QED) is 0.294. The van der Waals surface area contributed by atoms with E-state index in [2.05, 4.69) is 20.8 Å². The Labute approximate surface area is 195 Å². The van der Waals surface area contributed by atoms with Crippen molar-refractivity contribution in [2.24, 2.45) is 0 Å². The summed E-state index contributed by atoms with van der Waals surface area (Å²) in [6.45, 7) is 0. The summed E-state index contributed by atoms with van der Waals surface area (Å²) in [7, 11) is 0. The number of nitrogens with one attached hydrogen (secondary N) is 2. The van der Waals surface area contributed by atoms with Crippen LogP contribution in [-0.2, 0) is 0 Å². The van der Waals surface area contributed by atoms with Crippen molar-refractivity contribution in [2.45, 2.75) is 0 Å². The molecule has 4 rings (SSSR count). The van der Waals surface area contributed by atoms with Crippen LogP contribution >= 0.6 is 0 Å². The average molecular weight is 474 g/mol. The normalized spacial score (nSPS) is 10.4. The van der Waals surface area contributed by atoms with E-state index in [1.807, 2.05) is 6.07 Å². The van der Waals surface area contributed by atoms with Gasteiger partial charge in [-0.15, -0.1) is 5.10 Å². The molecule has 0 spiro atoms. The van der Waals surface area contributed by atoms with Crippen LogP contribution in [0.2, 0.25) is 0 Å². The predicted octanol–water partition coefficient (Wildman–Crippen LogP) is 4.06. The van der Waals surface area contributed by atoms with Gasteiger partial charge in [-0.2, -0.15) is 0 Å². The molecule has 4 aromatic rings. The molecular weight excluding hydrogens is 460 g/mol. The molecule has 0 fully saturated rings. The summed E-state index contributed by atoms with van der Waals surface area (Å²) in [5, 5.41) is 34.7. The first-order chi connectivity index (χ1) is 16.8. The lowest BCUT2D eigenvalue weighted by atomic mass is 10.1. The fourth-order valence-electron chi connectivity index (χ4n) is 3.06. The van der Waals surface area contributed by atoms with Crippen LogP contribution in [0.1, 0.15) is 20.7 Å². The zero-order valence-electron chi connectivity index (χ0n) is 17.6. The molecule has 2 amide bonds. The van der Waals surface area contributed by atoms with Gasteiger partial charge in [-0.25, -0.2) is 0 Å². The Kier molecular flexibility index (Phi) is 6.22. The predicted molar refractivity (Wildman–Crippen MR) is 122 cm³/mol. The highest BCUT2D eigenvalue weighted by molar-refractivity contribution is 6.12. The van der Waals surface area contributed by atoms with Gasteiger partial charge in [0.15, 0.2) is 0 Å². The molecule has 1 aromatic heterocycles. The molecule has 13 nitrogen and oxygen atoms in total. The Bertz CT molecular complexity index is 1420. The number of nitrogens with zero attached hydrogens (tertiary/aromatic N) is 4. The van der Waals surface area contributed by atoms with Gasteiger partial charge in [0.1, 0.15) is 0 Å². The van der Waals surface area contributed by atoms with E-state index in [9.17, 15) is 29.8 Å². The minimum Gasteiger partial charge on any atom is -0.403 e. The van der Waals surface area contributed by atoms with Gasteiger partial charge in [-0.1, -0.05) is 35.4 Å². The Morgan fingerprint density at radius 1 is 0.771 bits per heavy atom. The van der Waals surface area contributed by atoms with Gasteiger partial charge in [0, 0.05) is 17.7 Å². The first kappa shape index (κ1) is 22.7. The second-order valence-electron chi connectivity index (χ2n) is 6.98. The number of aromatic nitrogens is 2. The van der Waals surface area contributed by atoms with Gasteiger partial charge in [0.05, 0.1) is 32.7 Å². The summed E-state index contributed by atoms with van der Waals surface area (Å²) >= 11 is 0. The Balaban J connectivity index is 1.55. The topological polar surface area (TPSA) is 183 Å². The van der Waals surface area contributed by atoms with Crippen molar-refractivity contribution in [3.05, 3.63) is 104 Å². The van der Waals surface area contributed by atoms with Gasteiger partial charge in [0.25, 0.3) is 23.2 Å². The Hall–Kier alpha value is -5.46. The summed E-state index contributed by atoms with van der Waals surface area (Å²) in [6, 6.07) is 17.2. The fourth-order valence-corrected chi connectivity index (χ4v) is 3.06. The maximum Gasteiger partial charge on any atom is 0.322 e. The number of anilines is 2. The van der Waals surface area contributed by atoms with Gasteiger partial charge in [-0.05, 0) is 24.3 Å². The molecule has 0 bridgehead atoms. The zero-order chi connectivity index (χ0) is 24.9. The standard InChI is InChI=1S/C22H14N6O7/c29-19(14-10-15(27(31)32)12-16(11-14)28(33)34)23-18-9-5-4-8-17(18)20(30)24-22-26-25-21(35-22)13-6-2-1-3-7-13/h1-12H,(H,23,29)(H,24,26,30). The van der Waals surface area contributed by atoms with Crippen molar-refractivity contribution < 1.29 is 23.9 Å². The number of benzene rings is 3. The summed E-state index contributed by atoms with van der Waals surface area (Å²) in [4.78, 5) is 46.0. The first-order valence-electron chi connectivity index (χ1n) is 9.86. The summed E-state index contributed by atoms with van der Waals surface area (Å²) in [6.07, 6.45) is 0. The second kappa shape index (κ2) is 9.58. The van der Waals surface area contributed by atoms with Crippen LogP contribution in [0.4, 0.5) is 23.1 Å². The summed E-state index contributed by atoms with van der Waals surface area (Å²) in [5.74, 6) is -1.38. The third kappa shape index (κ3) is 5.14. The van der Waals surface area contributed by atoms with Gasteiger partial charge in [-0.3, -0.25) is 35.1 Å². The Morgan fingerprint density at radius 2 is 1.40 bits per heavy atom. The molecule has 0 radical (unpaired) electrons. The number of hydrogen-bond acceptors (Lipinski definition) is 9. The zero-order valence-corrected chi connectivity index (χ0v) is 17.6. The van der Waals surface area contributed by atoms with Crippen LogP contribution < -0.4 is 10.6 Å².